The van der Waals surface area contributed by atoms with Crippen molar-refractivity contribution in [2.24, 2.45) is 0 Å². The minimum Gasteiger partial charge on any atom is -0.493 e. The molecule has 0 aliphatic carbocycles. The van der Waals surface area contributed by atoms with Crippen molar-refractivity contribution in [3.8, 4) is 5.75 Å². The SMILES string of the molecule is CCCCCOc1ccc(Br)cc1CNC(C)C. The molecule has 0 aromatic heterocycles. The standard InChI is InChI=1S/C15H24BrNO/c1-4-5-6-9-18-15-8-7-14(16)10-13(15)11-17-12(2)3/h7-8,10,12,17H,4-6,9,11H2,1-3H3. The van der Waals surface area contributed by atoms with E-state index in [0.717, 1.165) is 29.8 Å². The molecule has 2 nitrogen and oxygen atoms in total. The molecule has 0 spiro atoms. The Kier molecular flexibility index (Phi) is 7.36. The van der Waals surface area contributed by atoms with E-state index in [2.05, 4.69) is 48.1 Å². The van der Waals surface area contributed by atoms with Crippen LogP contribution < -0.4 is 10.1 Å². The van der Waals surface area contributed by atoms with Crippen molar-refractivity contribution >= 4 is 15.9 Å². The van der Waals surface area contributed by atoms with E-state index in [1.165, 1.54) is 18.4 Å². The number of rotatable bonds is 8. The topological polar surface area (TPSA) is 21.3 Å². The molecule has 1 aromatic rings. The highest BCUT2D eigenvalue weighted by molar-refractivity contribution is 9.10. The second kappa shape index (κ2) is 8.54. The Bertz CT molecular complexity index is 352. The zero-order chi connectivity index (χ0) is 13.4. The summed E-state index contributed by atoms with van der Waals surface area (Å²) in [4.78, 5) is 0. The number of benzene rings is 1. The molecule has 1 N–H and O–H groups in total. The van der Waals surface area contributed by atoms with Gasteiger partial charge >= 0.3 is 0 Å². The van der Waals surface area contributed by atoms with E-state index in [1.807, 2.05) is 12.1 Å². The molecule has 0 bridgehead atoms. The summed E-state index contributed by atoms with van der Waals surface area (Å²) < 4.78 is 6.97. The normalized spacial score (nSPS) is 10.9. The van der Waals surface area contributed by atoms with Crippen LogP contribution in [-0.2, 0) is 6.54 Å². The number of halogens is 1. The quantitative estimate of drug-likeness (QED) is 0.713. The number of unbranched alkanes of at least 4 members (excludes halogenated alkanes) is 2. The summed E-state index contributed by atoms with van der Waals surface area (Å²) in [7, 11) is 0. The first kappa shape index (κ1) is 15.5. The maximum absolute atomic E-state index is 5.87. The third kappa shape index (κ3) is 5.87. The number of ether oxygens (including phenoxy) is 1. The smallest absolute Gasteiger partial charge is 0.123 e. The van der Waals surface area contributed by atoms with Crippen molar-refractivity contribution < 1.29 is 4.74 Å². The maximum atomic E-state index is 5.87. The summed E-state index contributed by atoms with van der Waals surface area (Å²) in [6, 6.07) is 6.70. The Balaban J connectivity index is 2.58. The van der Waals surface area contributed by atoms with Crippen molar-refractivity contribution in [1.29, 1.82) is 0 Å². The molecular formula is C15H24BrNO. The van der Waals surface area contributed by atoms with Gasteiger partial charge in [0.05, 0.1) is 6.61 Å². The van der Waals surface area contributed by atoms with Crippen molar-refractivity contribution in [2.75, 3.05) is 6.61 Å². The summed E-state index contributed by atoms with van der Waals surface area (Å²) in [5.74, 6) is 1.00. The molecule has 0 radical (unpaired) electrons. The fraction of sp³-hybridized carbons (Fsp3) is 0.600. The average molecular weight is 314 g/mol. The number of nitrogens with one attached hydrogen (secondary N) is 1. The third-order valence-corrected chi connectivity index (χ3v) is 3.22. The Hall–Kier alpha value is -0.540. The van der Waals surface area contributed by atoms with Gasteiger partial charge in [0, 0.05) is 22.6 Å². The molecule has 0 fully saturated rings. The van der Waals surface area contributed by atoms with E-state index in [-0.39, 0.29) is 0 Å². The first-order valence-corrected chi connectivity index (χ1v) is 7.57. The van der Waals surface area contributed by atoms with Gasteiger partial charge in [-0.25, -0.2) is 0 Å². The fourth-order valence-electron chi connectivity index (χ4n) is 1.68. The van der Waals surface area contributed by atoms with Crippen LogP contribution in [-0.4, -0.2) is 12.6 Å². The lowest BCUT2D eigenvalue weighted by Gasteiger charge is -2.14. The van der Waals surface area contributed by atoms with Crippen molar-refractivity contribution in [3.05, 3.63) is 28.2 Å². The molecule has 0 saturated heterocycles. The Morgan fingerprint density at radius 3 is 2.72 bits per heavy atom. The van der Waals surface area contributed by atoms with E-state index in [0.29, 0.717) is 6.04 Å². The van der Waals surface area contributed by atoms with Crippen molar-refractivity contribution in [2.45, 2.75) is 52.6 Å². The highest BCUT2D eigenvalue weighted by Crippen LogP contribution is 2.23. The number of hydrogen-bond acceptors (Lipinski definition) is 2. The van der Waals surface area contributed by atoms with E-state index >= 15 is 0 Å². The average Bonchev–Trinajstić information content (AvgIpc) is 2.34. The predicted octanol–water partition coefficient (Wildman–Crippen LogP) is 4.52. The van der Waals surface area contributed by atoms with Gasteiger partial charge in [-0.15, -0.1) is 0 Å². The van der Waals surface area contributed by atoms with Crippen molar-refractivity contribution in [3.63, 3.8) is 0 Å². The van der Waals surface area contributed by atoms with E-state index in [1.54, 1.807) is 0 Å². The van der Waals surface area contributed by atoms with Gasteiger partial charge in [0.1, 0.15) is 5.75 Å². The first-order chi connectivity index (χ1) is 8.63. The molecule has 0 aliphatic rings. The van der Waals surface area contributed by atoms with Crippen LogP contribution in [0.3, 0.4) is 0 Å². The van der Waals surface area contributed by atoms with Gasteiger partial charge in [-0.3, -0.25) is 0 Å². The van der Waals surface area contributed by atoms with Crippen LogP contribution in [0.25, 0.3) is 0 Å². The molecule has 102 valence electrons. The molecule has 0 saturated carbocycles. The zero-order valence-electron chi connectivity index (χ0n) is 11.6. The minimum absolute atomic E-state index is 0.483. The van der Waals surface area contributed by atoms with Crippen LogP contribution in [0.4, 0.5) is 0 Å². The number of hydrogen-bond donors (Lipinski definition) is 1. The van der Waals surface area contributed by atoms with Crippen LogP contribution >= 0.6 is 15.9 Å². The van der Waals surface area contributed by atoms with Crippen LogP contribution in [0.2, 0.25) is 0 Å². The summed E-state index contributed by atoms with van der Waals surface area (Å²) in [5, 5.41) is 3.43. The Morgan fingerprint density at radius 2 is 2.06 bits per heavy atom. The molecule has 18 heavy (non-hydrogen) atoms. The second-order valence-corrected chi connectivity index (χ2v) is 5.76. The van der Waals surface area contributed by atoms with Crippen molar-refractivity contribution in [1.82, 2.24) is 5.32 Å². The monoisotopic (exact) mass is 313 g/mol. The summed E-state index contributed by atoms with van der Waals surface area (Å²) in [5.41, 5.74) is 1.22. The van der Waals surface area contributed by atoms with Crippen LogP contribution in [0.1, 0.15) is 45.6 Å². The van der Waals surface area contributed by atoms with Gasteiger partial charge in [-0.1, -0.05) is 49.5 Å². The van der Waals surface area contributed by atoms with Crippen LogP contribution in [0.15, 0.2) is 22.7 Å². The lowest BCUT2D eigenvalue weighted by atomic mass is 10.2. The van der Waals surface area contributed by atoms with E-state index in [9.17, 15) is 0 Å². The fourth-order valence-corrected chi connectivity index (χ4v) is 2.08. The maximum Gasteiger partial charge on any atom is 0.123 e. The highest BCUT2D eigenvalue weighted by Gasteiger charge is 2.05. The molecule has 1 aromatic carbocycles. The van der Waals surface area contributed by atoms with Gasteiger partial charge in [0.25, 0.3) is 0 Å². The predicted molar refractivity (Wildman–Crippen MR) is 81.1 cm³/mol. The van der Waals surface area contributed by atoms with Gasteiger partial charge in [0.15, 0.2) is 0 Å². The summed E-state index contributed by atoms with van der Waals surface area (Å²) >= 11 is 3.51. The molecule has 0 amide bonds. The van der Waals surface area contributed by atoms with Gasteiger partial charge in [-0.05, 0) is 24.6 Å². The van der Waals surface area contributed by atoms with Gasteiger partial charge < -0.3 is 10.1 Å². The lowest BCUT2D eigenvalue weighted by Crippen LogP contribution is -2.22. The van der Waals surface area contributed by atoms with Gasteiger partial charge in [0.2, 0.25) is 0 Å². The Morgan fingerprint density at radius 1 is 1.28 bits per heavy atom. The van der Waals surface area contributed by atoms with Crippen LogP contribution in [0.5, 0.6) is 5.75 Å². The molecule has 0 unspecified atom stereocenters. The summed E-state index contributed by atoms with van der Waals surface area (Å²) in [6.07, 6.45) is 3.59. The first-order valence-electron chi connectivity index (χ1n) is 6.78. The minimum atomic E-state index is 0.483. The molecular weight excluding hydrogens is 290 g/mol. The zero-order valence-corrected chi connectivity index (χ0v) is 13.2. The lowest BCUT2D eigenvalue weighted by molar-refractivity contribution is 0.302. The van der Waals surface area contributed by atoms with E-state index < -0.39 is 0 Å². The molecule has 0 aliphatic heterocycles. The molecule has 0 atom stereocenters. The van der Waals surface area contributed by atoms with Crippen LogP contribution in [0, 0.1) is 0 Å². The molecule has 0 heterocycles. The van der Waals surface area contributed by atoms with E-state index in [4.69, 9.17) is 4.74 Å². The second-order valence-electron chi connectivity index (χ2n) is 4.84. The third-order valence-electron chi connectivity index (χ3n) is 2.73. The van der Waals surface area contributed by atoms with Gasteiger partial charge in [-0.2, -0.15) is 0 Å². The highest BCUT2D eigenvalue weighted by atomic mass is 79.9. The molecule has 3 heteroatoms. The largest absolute Gasteiger partial charge is 0.493 e. The molecule has 1 rings (SSSR count). The summed E-state index contributed by atoms with van der Waals surface area (Å²) in [6.45, 7) is 8.17. The Labute approximate surface area is 119 Å².